The highest BCUT2D eigenvalue weighted by molar-refractivity contribution is 5.88. The van der Waals surface area contributed by atoms with Crippen molar-refractivity contribution in [3.05, 3.63) is 77.9 Å². The lowest BCUT2D eigenvalue weighted by atomic mass is 9.96. The van der Waals surface area contributed by atoms with E-state index in [4.69, 9.17) is 4.74 Å². The van der Waals surface area contributed by atoms with Gasteiger partial charge in [-0.1, -0.05) is 54.6 Å². The second kappa shape index (κ2) is 8.26. The van der Waals surface area contributed by atoms with Crippen molar-refractivity contribution < 1.29 is 9.53 Å². The van der Waals surface area contributed by atoms with Gasteiger partial charge in [-0.2, -0.15) is 0 Å². The standard InChI is InChI=1S/C24H27NO2/c1-17(2)25(16-19-8-6-5-7-9-19)24(26)18(3)20-10-11-22-15-23(27-4)13-12-21(22)14-20/h5-15,17-18H,16H2,1-4H3/t18-/m0/s1. The molecule has 27 heavy (non-hydrogen) atoms. The number of hydrogen-bond acceptors (Lipinski definition) is 2. The minimum absolute atomic E-state index is 0.143. The Hall–Kier alpha value is -2.81. The van der Waals surface area contributed by atoms with Gasteiger partial charge in [0.1, 0.15) is 5.75 Å². The van der Waals surface area contributed by atoms with Crippen LogP contribution < -0.4 is 4.74 Å². The van der Waals surface area contributed by atoms with Crippen molar-refractivity contribution in [2.75, 3.05) is 7.11 Å². The van der Waals surface area contributed by atoms with Crippen LogP contribution >= 0.6 is 0 Å². The van der Waals surface area contributed by atoms with Crippen LogP contribution in [-0.2, 0) is 11.3 Å². The van der Waals surface area contributed by atoms with Crippen molar-refractivity contribution in [3.8, 4) is 5.75 Å². The Morgan fingerprint density at radius 1 is 0.926 bits per heavy atom. The van der Waals surface area contributed by atoms with Crippen LogP contribution in [0.1, 0.15) is 37.8 Å². The Morgan fingerprint density at radius 2 is 1.59 bits per heavy atom. The number of benzene rings is 3. The zero-order valence-corrected chi connectivity index (χ0v) is 16.5. The first kappa shape index (κ1) is 19.0. The van der Waals surface area contributed by atoms with Gasteiger partial charge in [0, 0.05) is 12.6 Å². The average molecular weight is 361 g/mol. The number of carbonyl (C=O) groups is 1. The third-order valence-corrected chi connectivity index (χ3v) is 5.04. The second-order valence-corrected chi connectivity index (χ2v) is 7.24. The number of nitrogens with zero attached hydrogens (tertiary/aromatic N) is 1. The van der Waals surface area contributed by atoms with Crippen molar-refractivity contribution in [2.24, 2.45) is 0 Å². The maximum atomic E-state index is 13.2. The molecule has 3 rings (SSSR count). The molecule has 0 spiro atoms. The summed E-state index contributed by atoms with van der Waals surface area (Å²) >= 11 is 0. The minimum Gasteiger partial charge on any atom is -0.497 e. The van der Waals surface area contributed by atoms with Crippen molar-refractivity contribution in [1.29, 1.82) is 0 Å². The quantitative estimate of drug-likeness (QED) is 0.589. The fourth-order valence-electron chi connectivity index (χ4n) is 3.33. The smallest absolute Gasteiger partial charge is 0.230 e. The van der Waals surface area contributed by atoms with Gasteiger partial charge in [0.15, 0.2) is 0 Å². The van der Waals surface area contributed by atoms with Gasteiger partial charge in [-0.3, -0.25) is 4.79 Å². The topological polar surface area (TPSA) is 29.5 Å². The maximum Gasteiger partial charge on any atom is 0.230 e. The molecular formula is C24H27NO2. The summed E-state index contributed by atoms with van der Waals surface area (Å²) in [5.74, 6) is 0.803. The van der Waals surface area contributed by atoms with E-state index in [1.165, 1.54) is 0 Å². The Kier molecular flexibility index (Phi) is 5.80. The van der Waals surface area contributed by atoms with Crippen LogP contribution in [0.3, 0.4) is 0 Å². The van der Waals surface area contributed by atoms with Crippen LogP contribution in [0.4, 0.5) is 0 Å². The molecule has 0 aliphatic carbocycles. The monoisotopic (exact) mass is 361 g/mol. The largest absolute Gasteiger partial charge is 0.497 e. The van der Waals surface area contributed by atoms with E-state index in [9.17, 15) is 4.79 Å². The number of methoxy groups -OCH3 is 1. The van der Waals surface area contributed by atoms with Crippen LogP contribution in [0.5, 0.6) is 5.75 Å². The van der Waals surface area contributed by atoms with E-state index >= 15 is 0 Å². The molecule has 0 N–H and O–H groups in total. The SMILES string of the molecule is COc1ccc2cc([C@H](C)C(=O)N(Cc3ccccc3)C(C)C)ccc2c1. The number of fused-ring (bicyclic) bond motifs is 1. The lowest BCUT2D eigenvalue weighted by Crippen LogP contribution is -2.38. The molecule has 1 amide bonds. The third kappa shape index (κ3) is 4.30. The van der Waals surface area contributed by atoms with Crippen LogP contribution in [0, 0.1) is 0 Å². The molecule has 3 aromatic rings. The zero-order chi connectivity index (χ0) is 19.4. The third-order valence-electron chi connectivity index (χ3n) is 5.04. The van der Waals surface area contributed by atoms with E-state index in [-0.39, 0.29) is 17.9 Å². The van der Waals surface area contributed by atoms with Crippen LogP contribution in [-0.4, -0.2) is 24.0 Å². The molecule has 3 nitrogen and oxygen atoms in total. The summed E-state index contributed by atoms with van der Waals surface area (Å²) in [7, 11) is 1.67. The zero-order valence-electron chi connectivity index (χ0n) is 16.5. The van der Waals surface area contributed by atoms with Gasteiger partial charge < -0.3 is 9.64 Å². The normalized spacial score (nSPS) is 12.2. The first-order valence-electron chi connectivity index (χ1n) is 9.41. The molecule has 0 heterocycles. The molecule has 1 atom stereocenters. The first-order valence-corrected chi connectivity index (χ1v) is 9.41. The van der Waals surface area contributed by atoms with Crippen LogP contribution in [0.2, 0.25) is 0 Å². The van der Waals surface area contributed by atoms with E-state index in [2.05, 4.69) is 38.1 Å². The fourth-order valence-corrected chi connectivity index (χ4v) is 3.33. The first-order chi connectivity index (χ1) is 13.0. The highest BCUT2D eigenvalue weighted by Gasteiger charge is 2.24. The summed E-state index contributed by atoms with van der Waals surface area (Å²) in [6.45, 7) is 6.76. The number of hydrogen-bond donors (Lipinski definition) is 0. The highest BCUT2D eigenvalue weighted by Crippen LogP contribution is 2.27. The van der Waals surface area contributed by atoms with Crippen molar-refractivity contribution in [3.63, 3.8) is 0 Å². The molecule has 0 radical (unpaired) electrons. The fraction of sp³-hybridized carbons (Fsp3) is 0.292. The molecule has 0 saturated carbocycles. The summed E-state index contributed by atoms with van der Waals surface area (Å²) in [6, 6.07) is 22.5. The van der Waals surface area contributed by atoms with Gasteiger partial charge >= 0.3 is 0 Å². The number of ether oxygens (including phenoxy) is 1. The van der Waals surface area contributed by atoms with Crippen LogP contribution in [0.25, 0.3) is 10.8 Å². The summed E-state index contributed by atoms with van der Waals surface area (Å²) in [6.07, 6.45) is 0. The van der Waals surface area contributed by atoms with E-state index < -0.39 is 0 Å². The molecule has 0 fully saturated rings. The molecular weight excluding hydrogens is 334 g/mol. The molecule has 140 valence electrons. The molecule has 0 saturated heterocycles. The van der Waals surface area contributed by atoms with Crippen molar-refractivity contribution >= 4 is 16.7 Å². The van der Waals surface area contributed by atoms with Crippen LogP contribution in [0.15, 0.2) is 66.7 Å². The number of rotatable bonds is 6. The Bertz CT molecular complexity index is 918. The van der Waals surface area contributed by atoms with Gasteiger partial charge in [-0.25, -0.2) is 0 Å². The van der Waals surface area contributed by atoms with Gasteiger partial charge in [-0.15, -0.1) is 0 Å². The predicted octanol–water partition coefficient (Wildman–Crippen LogP) is 5.39. The molecule has 0 unspecified atom stereocenters. The second-order valence-electron chi connectivity index (χ2n) is 7.24. The van der Waals surface area contributed by atoms with Gasteiger partial charge in [0.25, 0.3) is 0 Å². The highest BCUT2D eigenvalue weighted by atomic mass is 16.5. The minimum atomic E-state index is -0.192. The lowest BCUT2D eigenvalue weighted by Gasteiger charge is -2.30. The van der Waals surface area contributed by atoms with Gasteiger partial charge in [0.05, 0.1) is 13.0 Å². The number of carbonyl (C=O) groups excluding carboxylic acids is 1. The molecule has 3 heteroatoms. The average Bonchev–Trinajstić information content (AvgIpc) is 2.70. The molecule has 0 aromatic heterocycles. The number of amides is 1. The van der Waals surface area contributed by atoms with E-state index in [1.807, 2.05) is 54.3 Å². The Labute approximate surface area is 161 Å². The van der Waals surface area contributed by atoms with Crippen molar-refractivity contribution in [2.45, 2.75) is 39.3 Å². The molecule has 0 aliphatic rings. The maximum absolute atomic E-state index is 13.2. The molecule has 0 bridgehead atoms. The molecule has 3 aromatic carbocycles. The summed E-state index contributed by atoms with van der Waals surface area (Å²) in [5.41, 5.74) is 2.19. The Balaban J connectivity index is 1.85. The van der Waals surface area contributed by atoms with Gasteiger partial charge in [0.2, 0.25) is 5.91 Å². The Morgan fingerprint density at radius 3 is 2.26 bits per heavy atom. The van der Waals surface area contributed by atoms with E-state index in [0.717, 1.165) is 27.6 Å². The van der Waals surface area contributed by atoms with E-state index in [1.54, 1.807) is 7.11 Å². The molecule has 0 aliphatic heterocycles. The van der Waals surface area contributed by atoms with E-state index in [0.29, 0.717) is 6.54 Å². The van der Waals surface area contributed by atoms with Crippen molar-refractivity contribution in [1.82, 2.24) is 4.90 Å². The predicted molar refractivity (Wildman–Crippen MR) is 111 cm³/mol. The summed E-state index contributed by atoms with van der Waals surface area (Å²) in [5, 5.41) is 2.23. The summed E-state index contributed by atoms with van der Waals surface area (Å²) in [4.78, 5) is 15.2. The lowest BCUT2D eigenvalue weighted by molar-refractivity contribution is -0.134. The van der Waals surface area contributed by atoms with Gasteiger partial charge in [-0.05, 0) is 54.8 Å². The summed E-state index contributed by atoms with van der Waals surface area (Å²) < 4.78 is 5.29.